The highest BCUT2D eigenvalue weighted by Gasteiger charge is 2.11. The molecule has 3 rings (SSSR count). The Morgan fingerprint density at radius 2 is 1.75 bits per heavy atom. The molecule has 0 bridgehead atoms. The molecule has 0 saturated carbocycles. The first kappa shape index (κ1) is 19.4. The summed E-state index contributed by atoms with van der Waals surface area (Å²) in [6.07, 6.45) is 1.59. The quantitative estimate of drug-likeness (QED) is 0.489. The number of methoxy groups -OCH3 is 2. The van der Waals surface area contributed by atoms with Gasteiger partial charge in [-0.1, -0.05) is 0 Å². The molecule has 9 heteroatoms. The number of hydrogen-bond acceptors (Lipinski definition) is 7. The summed E-state index contributed by atoms with van der Waals surface area (Å²) < 4.78 is 12.2. The zero-order valence-corrected chi connectivity index (χ0v) is 16.8. The number of H-pyrrole nitrogens is 1. The zero-order valence-electron chi connectivity index (χ0n) is 16.0. The van der Waals surface area contributed by atoms with Crippen LogP contribution in [0.5, 0.6) is 17.2 Å². The highest BCUT2D eigenvalue weighted by molar-refractivity contribution is 7.71. The van der Waals surface area contributed by atoms with Gasteiger partial charge in [0, 0.05) is 30.9 Å². The number of nitrogens with one attached hydrogen (secondary N) is 1. The first-order valence-corrected chi connectivity index (χ1v) is 8.80. The fourth-order valence-electron chi connectivity index (χ4n) is 2.61. The summed E-state index contributed by atoms with van der Waals surface area (Å²) in [5.41, 5.74) is 2.62. The average Bonchev–Trinajstić information content (AvgIpc) is 3.07. The van der Waals surface area contributed by atoms with Crippen LogP contribution in [-0.2, 0) is 0 Å². The number of phenols is 1. The lowest BCUT2D eigenvalue weighted by Gasteiger charge is -2.12. The molecule has 0 unspecified atom stereocenters. The molecule has 0 amide bonds. The molecule has 2 N–H and O–H groups in total. The van der Waals surface area contributed by atoms with Crippen molar-refractivity contribution >= 4 is 24.1 Å². The van der Waals surface area contributed by atoms with Crippen LogP contribution < -0.4 is 14.4 Å². The standard InChI is InChI=1S/C19H21N5O3S/c1-23(2)14-7-5-13(6-8-14)18-21-22-19(28)24(18)20-11-12-9-15(26-3)17(25)16(10-12)27-4/h5-11,25H,1-4H3,(H,22,28)/b20-11+. The number of hydrogen-bond donors (Lipinski definition) is 2. The Labute approximate surface area is 167 Å². The summed E-state index contributed by atoms with van der Waals surface area (Å²) >= 11 is 5.31. The third kappa shape index (κ3) is 3.84. The van der Waals surface area contributed by atoms with Crippen LogP contribution in [0.25, 0.3) is 11.4 Å². The molecule has 3 aromatic rings. The highest BCUT2D eigenvalue weighted by Crippen LogP contribution is 2.36. The zero-order chi connectivity index (χ0) is 20.3. The molecule has 0 spiro atoms. The maximum Gasteiger partial charge on any atom is 0.216 e. The van der Waals surface area contributed by atoms with E-state index < -0.39 is 0 Å². The normalized spacial score (nSPS) is 11.0. The van der Waals surface area contributed by atoms with Crippen molar-refractivity contribution in [1.82, 2.24) is 14.9 Å². The second-order valence-corrected chi connectivity index (χ2v) is 6.51. The number of aromatic amines is 1. The molecule has 146 valence electrons. The number of benzene rings is 2. The van der Waals surface area contributed by atoms with E-state index in [1.54, 1.807) is 18.3 Å². The molecule has 0 aliphatic rings. The largest absolute Gasteiger partial charge is 0.502 e. The molecule has 0 atom stereocenters. The number of ether oxygens (including phenoxy) is 2. The smallest absolute Gasteiger partial charge is 0.216 e. The molecule has 0 radical (unpaired) electrons. The minimum absolute atomic E-state index is 0.0660. The van der Waals surface area contributed by atoms with Crippen molar-refractivity contribution in [1.29, 1.82) is 0 Å². The fraction of sp³-hybridized carbons (Fsp3) is 0.211. The number of nitrogens with zero attached hydrogens (tertiary/aromatic N) is 4. The van der Waals surface area contributed by atoms with Crippen LogP contribution in [0.4, 0.5) is 5.69 Å². The van der Waals surface area contributed by atoms with Crippen LogP contribution >= 0.6 is 12.2 Å². The number of rotatable bonds is 6. The molecule has 1 aromatic heterocycles. The van der Waals surface area contributed by atoms with Crippen LogP contribution in [0.3, 0.4) is 0 Å². The minimum atomic E-state index is -0.0660. The predicted octanol–water partition coefficient (Wildman–Crippen LogP) is 3.28. The maximum atomic E-state index is 10.0. The van der Waals surface area contributed by atoms with Gasteiger partial charge in [0.2, 0.25) is 10.5 Å². The molecule has 1 heterocycles. The Kier molecular flexibility index (Phi) is 5.65. The SMILES string of the molecule is COc1cc(/C=N/n2c(-c3ccc(N(C)C)cc3)n[nH]c2=S)cc(OC)c1O. The van der Waals surface area contributed by atoms with Gasteiger partial charge in [-0.25, -0.2) is 5.10 Å². The summed E-state index contributed by atoms with van der Waals surface area (Å²) in [5, 5.41) is 21.5. The molecule has 8 nitrogen and oxygen atoms in total. The highest BCUT2D eigenvalue weighted by atomic mass is 32.1. The number of aromatic nitrogens is 3. The van der Waals surface area contributed by atoms with E-state index in [1.165, 1.54) is 18.9 Å². The molecular formula is C19H21N5O3S. The lowest BCUT2D eigenvalue weighted by Crippen LogP contribution is -2.08. The van der Waals surface area contributed by atoms with E-state index in [1.807, 2.05) is 43.3 Å². The van der Waals surface area contributed by atoms with E-state index in [0.29, 0.717) is 16.2 Å². The van der Waals surface area contributed by atoms with E-state index in [9.17, 15) is 5.11 Å². The van der Waals surface area contributed by atoms with Crippen molar-refractivity contribution in [3.63, 3.8) is 0 Å². The van der Waals surface area contributed by atoms with Gasteiger partial charge >= 0.3 is 0 Å². The van der Waals surface area contributed by atoms with Gasteiger partial charge in [0.1, 0.15) is 0 Å². The first-order chi connectivity index (χ1) is 13.4. The topological polar surface area (TPSA) is 87.9 Å². The monoisotopic (exact) mass is 399 g/mol. The van der Waals surface area contributed by atoms with Crippen molar-refractivity contribution in [3.8, 4) is 28.6 Å². The summed E-state index contributed by atoms with van der Waals surface area (Å²) in [7, 11) is 6.90. The van der Waals surface area contributed by atoms with E-state index in [2.05, 4.69) is 15.3 Å². The maximum absolute atomic E-state index is 10.0. The Hall–Kier alpha value is -3.33. The van der Waals surface area contributed by atoms with Gasteiger partial charge in [0.05, 0.1) is 20.4 Å². The third-order valence-electron chi connectivity index (χ3n) is 4.12. The Morgan fingerprint density at radius 1 is 1.14 bits per heavy atom. The van der Waals surface area contributed by atoms with E-state index in [-0.39, 0.29) is 17.2 Å². The van der Waals surface area contributed by atoms with Gasteiger partial charge in [-0.15, -0.1) is 0 Å². The van der Waals surface area contributed by atoms with Gasteiger partial charge in [0.25, 0.3) is 0 Å². The lowest BCUT2D eigenvalue weighted by molar-refractivity contribution is 0.340. The van der Waals surface area contributed by atoms with Gasteiger partial charge < -0.3 is 19.5 Å². The van der Waals surface area contributed by atoms with Crippen molar-refractivity contribution in [3.05, 3.63) is 46.7 Å². The van der Waals surface area contributed by atoms with Crippen molar-refractivity contribution in [2.75, 3.05) is 33.2 Å². The van der Waals surface area contributed by atoms with Crippen molar-refractivity contribution in [2.24, 2.45) is 5.10 Å². The van der Waals surface area contributed by atoms with Crippen molar-refractivity contribution in [2.45, 2.75) is 0 Å². The van der Waals surface area contributed by atoms with E-state index >= 15 is 0 Å². The van der Waals surface area contributed by atoms with Crippen molar-refractivity contribution < 1.29 is 14.6 Å². The van der Waals surface area contributed by atoms with Crippen LogP contribution in [0.15, 0.2) is 41.5 Å². The molecule has 0 aliphatic carbocycles. The second-order valence-electron chi connectivity index (χ2n) is 6.12. The van der Waals surface area contributed by atoms with E-state index in [0.717, 1.165) is 11.3 Å². The number of phenolic OH excluding ortho intramolecular Hbond substituents is 1. The Balaban J connectivity index is 1.98. The van der Waals surface area contributed by atoms with Crippen LogP contribution in [-0.4, -0.2) is 54.5 Å². The Morgan fingerprint density at radius 3 is 2.29 bits per heavy atom. The second kappa shape index (κ2) is 8.13. The summed E-state index contributed by atoms with van der Waals surface area (Å²) in [5.74, 6) is 1.10. The molecule has 0 saturated heterocycles. The molecular weight excluding hydrogens is 378 g/mol. The molecule has 0 aliphatic heterocycles. The lowest BCUT2D eigenvalue weighted by atomic mass is 10.2. The van der Waals surface area contributed by atoms with Crippen LogP contribution in [0.2, 0.25) is 0 Å². The fourth-order valence-corrected chi connectivity index (χ4v) is 2.79. The van der Waals surface area contributed by atoms with E-state index in [4.69, 9.17) is 21.7 Å². The summed E-state index contributed by atoms with van der Waals surface area (Å²) in [6, 6.07) is 11.2. The predicted molar refractivity (Wildman–Crippen MR) is 111 cm³/mol. The number of aromatic hydroxyl groups is 1. The van der Waals surface area contributed by atoms with Gasteiger partial charge in [0.15, 0.2) is 17.3 Å². The van der Waals surface area contributed by atoms with Crippen LogP contribution in [0.1, 0.15) is 5.56 Å². The van der Waals surface area contributed by atoms with Gasteiger partial charge in [-0.2, -0.15) is 14.9 Å². The third-order valence-corrected chi connectivity index (χ3v) is 4.38. The molecule has 0 fully saturated rings. The minimum Gasteiger partial charge on any atom is -0.502 e. The molecule has 28 heavy (non-hydrogen) atoms. The molecule has 2 aromatic carbocycles. The summed E-state index contributed by atoms with van der Waals surface area (Å²) in [6.45, 7) is 0. The van der Waals surface area contributed by atoms with Gasteiger partial charge in [-0.05, 0) is 48.6 Å². The summed E-state index contributed by atoms with van der Waals surface area (Å²) in [4.78, 5) is 2.02. The first-order valence-electron chi connectivity index (χ1n) is 8.39. The van der Waals surface area contributed by atoms with Gasteiger partial charge in [-0.3, -0.25) is 0 Å². The number of anilines is 1. The Bertz CT molecular complexity index is 1030. The average molecular weight is 399 g/mol. The van der Waals surface area contributed by atoms with Crippen LogP contribution in [0, 0.1) is 4.77 Å².